The van der Waals surface area contributed by atoms with E-state index < -0.39 is 0 Å². The van der Waals surface area contributed by atoms with Gasteiger partial charge in [-0.3, -0.25) is 10.1 Å². The molecular formula is C13H10ClNO2. The lowest BCUT2D eigenvalue weighted by Crippen LogP contribution is -1.93. The second-order valence-corrected chi connectivity index (χ2v) is 4.15. The Morgan fingerprint density at radius 1 is 1.18 bits per heavy atom. The summed E-state index contributed by atoms with van der Waals surface area (Å²) >= 11 is 5.92. The zero-order valence-electron chi connectivity index (χ0n) is 9.18. The van der Waals surface area contributed by atoms with Crippen LogP contribution in [0.25, 0.3) is 11.1 Å². The maximum Gasteiger partial charge on any atom is 0.272 e. The zero-order chi connectivity index (χ0) is 12.4. The quantitative estimate of drug-likeness (QED) is 0.589. The van der Waals surface area contributed by atoms with Gasteiger partial charge in [-0.2, -0.15) is 0 Å². The van der Waals surface area contributed by atoms with Crippen molar-refractivity contribution in [1.82, 2.24) is 0 Å². The smallest absolute Gasteiger partial charge is 0.258 e. The summed E-state index contributed by atoms with van der Waals surface area (Å²) in [6.07, 6.45) is 0. The van der Waals surface area contributed by atoms with Crippen molar-refractivity contribution >= 4 is 17.3 Å². The van der Waals surface area contributed by atoms with Gasteiger partial charge in [-0.25, -0.2) is 0 Å². The first-order chi connectivity index (χ1) is 8.09. The minimum Gasteiger partial charge on any atom is -0.258 e. The van der Waals surface area contributed by atoms with Crippen LogP contribution in [0.5, 0.6) is 0 Å². The Labute approximate surface area is 104 Å². The lowest BCUT2D eigenvalue weighted by Gasteiger charge is -2.06. The minimum atomic E-state index is -0.372. The Morgan fingerprint density at radius 3 is 2.53 bits per heavy atom. The number of benzene rings is 2. The first kappa shape index (κ1) is 11.6. The van der Waals surface area contributed by atoms with Crippen molar-refractivity contribution in [2.24, 2.45) is 0 Å². The fourth-order valence-electron chi connectivity index (χ4n) is 1.79. The van der Waals surface area contributed by atoms with Gasteiger partial charge in [-0.1, -0.05) is 35.9 Å². The maximum absolute atomic E-state index is 10.9. The Bertz CT molecular complexity index is 581. The van der Waals surface area contributed by atoms with Gasteiger partial charge in [0, 0.05) is 16.7 Å². The molecule has 0 aliphatic heterocycles. The molecular weight excluding hydrogens is 238 g/mol. The summed E-state index contributed by atoms with van der Waals surface area (Å²) in [5, 5.41) is 11.5. The number of hydrogen-bond acceptors (Lipinski definition) is 2. The summed E-state index contributed by atoms with van der Waals surface area (Å²) in [6.45, 7) is 1.74. The van der Waals surface area contributed by atoms with Crippen LogP contribution in [0.2, 0.25) is 5.02 Å². The lowest BCUT2D eigenvalue weighted by molar-refractivity contribution is -0.385. The molecule has 86 valence electrons. The average Bonchev–Trinajstić information content (AvgIpc) is 2.29. The summed E-state index contributed by atoms with van der Waals surface area (Å²) < 4.78 is 0. The first-order valence-electron chi connectivity index (χ1n) is 5.09. The van der Waals surface area contributed by atoms with Gasteiger partial charge >= 0.3 is 0 Å². The molecule has 2 aromatic rings. The molecule has 0 amide bonds. The third-order valence-electron chi connectivity index (χ3n) is 2.64. The van der Waals surface area contributed by atoms with E-state index in [1.54, 1.807) is 25.1 Å². The molecule has 2 rings (SSSR count). The molecule has 0 heterocycles. The monoisotopic (exact) mass is 247 g/mol. The minimum absolute atomic E-state index is 0.127. The van der Waals surface area contributed by atoms with Crippen molar-refractivity contribution in [2.45, 2.75) is 6.92 Å². The molecule has 0 unspecified atom stereocenters. The van der Waals surface area contributed by atoms with Crippen LogP contribution in [-0.4, -0.2) is 4.92 Å². The van der Waals surface area contributed by atoms with Gasteiger partial charge in [0.2, 0.25) is 0 Å². The van der Waals surface area contributed by atoms with Crippen molar-refractivity contribution < 1.29 is 4.92 Å². The summed E-state index contributed by atoms with van der Waals surface area (Å²) in [5.41, 5.74) is 2.50. The Kier molecular flexibility index (Phi) is 3.11. The predicted molar refractivity (Wildman–Crippen MR) is 68.3 cm³/mol. The molecule has 0 aliphatic carbocycles. The number of nitro groups is 1. The highest BCUT2D eigenvalue weighted by Gasteiger charge is 2.14. The third kappa shape index (κ3) is 2.29. The van der Waals surface area contributed by atoms with Crippen molar-refractivity contribution in [3.8, 4) is 11.1 Å². The lowest BCUT2D eigenvalue weighted by atomic mass is 9.99. The summed E-state index contributed by atoms with van der Waals surface area (Å²) in [6, 6.07) is 12.3. The number of nitrogens with zero attached hydrogens (tertiary/aromatic N) is 1. The Morgan fingerprint density at radius 2 is 1.88 bits per heavy atom. The van der Waals surface area contributed by atoms with E-state index in [-0.39, 0.29) is 10.6 Å². The maximum atomic E-state index is 10.9. The molecule has 0 radical (unpaired) electrons. The molecule has 0 atom stereocenters. The van der Waals surface area contributed by atoms with E-state index >= 15 is 0 Å². The Hall–Kier alpha value is -1.87. The molecule has 0 saturated carbocycles. The number of rotatable bonds is 2. The summed E-state index contributed by atoms with van der Waals surface area (Å²) in [7, 11) is 0. The van der Waals surface area contributed by atoms with Crippen LogP contribution in [0.15, 0.2) is 42.5 Å². The largest absolute Gasteiger partial charge is 0.272 e. The highest BCUT2D eigenvalue weighted by Crippen LogP contribution is 2.30. The molecule has 0 bridgehead atoms. The van der Waals surface area contributed by atoms with E-state index in [4.69, 9.17) is 11.6 Å². The zero-order valence-corrected chi connectivity index (χ0v) is 9.94. The predicted octanol–water partition coefficient (Wildman–Crippen LogP) is 4.22. The van der Waals surface area contributed by atoms with Gasteiger partial charge in [0.15, 0.2) is 0 Å². The topological polar surface area (TPSA) is 43.1 Å². The van der Waals surface area contributed by atoms with Crippen molar-refractivity contribution in [2.75, 3.05) is 0 Å². The van der Waals surface area contributed by atoms with E-state index in [0.717, 1.165) is 11.1 Å². The molecule has 0 aliphatic rings. The SMILES string of the molecule is Cc1c(-c2cccc(Cl)c2)cccc1[N+](=O)[O-]. The highest BCUT2D eigenvalue weighted by atomic mass is 35.5. The third-order valence-corrected chi connectivity index (χ3v) is 2.87. The van der Waals surface area contributed by atoms with E-state index in [0.29, 0.717) is 10.6 Å². The van der Waals surface area contributed by atoms with Crippen molar-refractivity contribution in [3.63, 3.8) is 0 Å². The molecule has 3 nitrogen and oxygen atoms in total. The molecule has 0 spiro atoms. The second kappa shape index (κ2) is 4.55. The van der Waals surface area contributed by atoms with Gasteiger partial charge < -0.3 is 0 Å². The molecule has 0 N–H and O–H groups in total. The van der Waals surface area contributed by atoms with Crippen LogP contribution in [-0.2, 0) is 0 Å². The van der Waals surface area contributed by atoms with Crippen LogP contribution >= 0.6 is 11.6 Å². The standard InChI is InChI=1S/C13H10ClNO2/c1-9-12(6-3-7-13(9)15(16)17)10-4-2-5-11(14)8-10/h2-8H,1H3. The Balaban J connectivity index is 2.60. The van der Waals surface area contributed by atoms with Gasteiger partial charge in [-0.05, 0) is 30.2 Å². The van der Waals surface area contributed by atoms with Crippen molar-refractivity contribution in [3.05, 3.63) is 63.2 Å². The van der Waals surface area contributed by atoms with Gasteiger partial charge in [0.1, 0.15) is 0 Å². The van der Waals surface area contributed by atoms with Gasteiger partial charge in [0.05, 0.1) is 4.92 Å². The fraction of sp³-hybridized carbons (Fsp3) is 0.0769. The molecule has 4 heteroatoms. The molecule has 2 aromatic carbocycles. The number of halogens is 1. The summed E-state index contributed by atoms with van der Waals surface area (Å²) in [4.78, 5) is 10.5. The second-order valence-electron chi connectivity index (χ2n) is 3.72. The average molecular weight is 248 g/mol. The van der Waals surface area contributed by atoms with Crippen LogP contribution in [0.4, 0.5) is 5.69 Å². The fourth-order valence-corrected chi connectivity index (χ4v) is 1.98. The van der Waals surface area contributed by atoms with E-state index in [9.17, 15) is 10.1 Å². The molecule has 0 aromatic heterocycles. The molecule has 0 fully saturated rings. The van der Waals surface area contributed by atoms with Gasteiger partial charge in [-0.15, -0.1) is 0 Å². The first-order valence-corrected chi connectivity index (χ1v) is 5.47. The number of hydrogen-bond donors (Lipinski definition) is 0. The molecule has 17 heavy (non-hydrogen) atoms. The van der Waals surface area contributed by atoms with Crippen LogP contribution < -0.4 is 0 Å². The number of nitro benzene ring substituents is 1. The van der Waals surface area contributed by atoms with E-state index in [1.165, 1.54) is 6.07 Å². The van der Waals surface area contributed by atoms with Crippen molar-refractivity contribution in [1.29, 1.82) is 0 Å². The van der Waals surface area contributed by atoms with E-state index in [1.807, 2.05) is 18.2 Å². The van der Waals surface area contributed by atoms with Crippen LogP contribution in [0, 0.1) is 17.0 Å². The normalized spacial score (nSPS) is 10.2. The summed E-state index contributed by atoms with van der Waals surface area (Å²) in [5.74, 6) is 0. The van der Waals surface area contributed by atoms with Gasteiger partial charge in [0.25, 0.3) is 5.69 Å². The van der Waals surface area contributed by atoms with Crippen LogP contribution in [0.3, 0.4) is 0 Å². The molecule has 0 saturated heterocycles. The highest BCUT2D eigenvalue weighted by molar-refractivity contribution is 6.30. The van der Waals surface area contributed by atoms with E-state index in [2.05, 4.69) is 0 Å². The van der Waals surface area contributed by atoms with Crippen LogP contribution in [0.1, 0.15) is 5.56 Å².